The highest BCUT2D eigenvalue weighted by Crippen LogP contribution is 2.34. The molecule has 0 aliphatic heterocycles. The molecule has 0 aliphatic carbocycles. The zero-order valence-corrected chi connectivity index (χ0v) is 20.5. The van der Waals surface area contributed by atoms with Gasteiger partial charge in [0.05, 0.1) is 29.7 Å². The third kappa shape index (κ3) is 5.63. The summed E-state index contributed by atoms with van der Waals surface area (Å²) in [4.78, 5) is 26.9. The van der Waals surface area contributed by atoms with Crippen LogP contribution in [0, 0.1) is 0 Å². The van der Waals surface area contributed by atoms with Gasteiger partial charge in [0.1, 0.15) is 5.82 Å². The Labute approximate surface area is 215 Å². The molecule has 2 aromatic heterocycles. The Hall–Kier alpha value is -4.62. The second-order valence-corrected chi connectivity index (χ2v) is 8.47. The van der Waals surface area contributed by atoms with Crippen molar-refractivity contribution in [2.24, 2.45) is 0 Å². The third-order valence-electron chi connectivity index (χ3n) is 5.95. The number of fused-ring (bicyclic) bond motifs is 1. The van der Waals surface area contributed by atoms with Gasteiger partial charge in [-0.05, 0) is 41.5 Å². The van der Waals surface area contributed by atoms with Gasteiger partial charge in [0, 0.05) is 31.0 Å². The third-order valence-corrected chi connectivity index (χ3v) is 5.95. The summed E-state index contributed by atoms with van der Waals surface area (Å²) < 4.78 is 5.03. The number of nitrogens with zero attached hydrogens (tertiary/aromatic N) is 3. The predicted octanol–water partition coefficient (Wildman–Crippen LogP) is 5.35. The number of benzene rings is 3. The fourth-order valence-electron chi connectivity index (χ4n) is 4.14. The van der Waals surface area contributed by atoms with Gasteiger partial charge < -0.3 is 15.4 Å². The first-order valence-corrected chi connectivity index (χ1v) is 12.1. The zero-order valence-electron chi connectivity index (χ0n) is 20.5. The molecule has 5 aromatic rings. The van der Waals surface area contributed by atoms with Gasteiger partial charge in [-0.15, -0.1) is 0 Å². The summed E-state index contributed by atoms with van der Waals surface area (Å²) in [6, 6.07) is 29.5. The number of pyridine rings is 1. The van der Waals surface area contributed by atoms with Crippen LogP contribution < -0.4 is 10.6 Å². The van der Waals surface area contributed by atoms with Crippen molar-refractivity contribution in [2.45, 2.75) is 6.54 Å². The Kier molecular flexibility index (Phi) is 7.43. The molecule has 2 heterocycles. The molecule has 1 amide bonds. The Morgan fingerprint density at radius 1 is 0.865 bits per heavy atom. The lowest BCUT2D eigenvalue weighted by molar-refractivity contribution is 0.0937. The number of carbonyl (C=O) groups excluding carboxylic acids is 1. The summed E-state index contributed by atoms with van der Waals surface area (Å²) in [7, 11) is 1.60. The van der Waals surface area contributed by atoms with Crippen molar-refractivity contribution < 1.29 is 9.53 Å². The molecule has 7 heteroatoms. The minimum absolute atomic E-state index is 0.167. The van der Waals surface area contributed by atoms with Crippen LogP contribution in [0.4, 0.5) is 5.82 Å². The van der Waals surface area contributed by atoms with Crippen LogP contribution in [-0.2, 0) is 11.3 Å². The lowest BCUT2D eigenvalue weighted by Crippen LogP contribution is -2.26. The van der Waals surface area contributed by atoms with Crippen LogP contribution in [-0.4, -0.2) is 41.1 Å². The molecule has 3 aromatic carbocycles. The number of anilines is 1. The van der Waals surface area contributed by atoms with Crippen molar-refractivity contribution in [3.8, 4) is 22.5 Å². The lowest BCUT2D eigenvalue weighted by atomic mass is 10.0. The summed E-state index contributed by atoms with van der Waals surface area (Å²) >= 11 is 0. The Morgan fingerprint density at radius 2 is 1.68 bits per heavy atom. The standard InChI is InChI=1S/C30H27N5O2/c1-37-18-17-32-30(36)23-12-7-11-22(19-23)28-34-26-15-8-14-25(21-9-3-2-4-10-21)27(26)29(35-28)33-20-24-13-5-6-16-31-24/h2-16,19H,17-18,20H2,1H3,(H,32,36)(H,33,34,35). The van der Waals surface area contributed by atoms with Gasteiger partial charge in [0.15, 0.2) is 5.82 Å². The Balaban J connectivity index is 1.58. The van der Waals surface area contributed by atoms with E-state index >= 15 is 0 Å². The monoisotopic (exact) mass is 489 g/mol. The minimum Gasteiger partial charge on any atom is -0.383 e. The number of nitrogens with one attached hydrogen (secondary N) is 2. The smallest absolute Gasteiger partial charge is 0.251 e. The van der Waals surface area contributed by atoms with E-state index < -0.39 is 0 Å². The molecule has 0 radical (unpaired) electrons. The molecule has 37 heavy (non-hydrogen) atoms. The molecular weight excluding hydrogens is 462 g/mol. The highest BCUT2D eigenvalue weighted by molar-refractivity contribution is 6.02. The van der Waals surface area contributed by atoms with Gasteiger partial charge in [-0.2, -0.15) is 0 Å². The normalized spacial score (nSPS) is 10.8. The van der Waals surface area contributed by atoms with E-state index in [9.17, 15) is 4.79 Å². The van der Waals surface area contributed by atoms with Gasteiger partial charge in [-0.1, -0.05) is 60.7 Å². The average molecular weight is 490 g/mol. The van der Waals surface area contributed by atoms with Crippen molar-refractivity contribution in [1.82, 2.24) is 20.3 Å². The molecule has 0 spiro atoms. The summed E-state index contributed by atoms with van der Waals surface area (Å²) in [5.41, 5.74) is 5.14. The van der Waals surface area contributed by atoms with Crippen molar-refractivity contribution in [2.75, 3.05) is 25.6 Å². The molecule has 7 nitrogen and oxygen atoms in total. The molecule has 2 N–H and O–H groups in total. The molecule has 0 saturated heterocycles. The molecular formula is C30H27N5O2. The van der Waals surface area contributed by atoms with Gasteiger partial charge in [0.2, 0.25) is 0 Å². The first-order valence-electron chi connectivity index (χ1n) is 12.1. The number of amides is 1. The predicted molar refractivity (Wildman–Crippen MR) is 146 cm³/mol. The molecule has 0 atom stereocenters. The molecule has 0 saturated carbocycles. The molecule has 184 valence electrons. The number of aromatic nitrogens is 3. The summed E-state index contributed by atoms with van der Waals surface area (Å²) in [5, 5.41) is 7.28. The first-order chi connectivity index (χ1) is 18.2. The van der Waals surface area contributed by atoms with E-state index in [-0.39, 0.29) is 5.91 Å². The largest absolute Gasteiger partial charge is 0.383 e. The van der Waals surface area contributed by atoms with E-state index in [1.165, 1.54) is 0 Å². The Morgan fingerprint density at radius 3 is 2.49 bits per heavy atom. The Bertz CT molecular complexity index is 1510. The van der Waals surface area contributed by atoms with Crippen LogP contribution in [0.2, 0.25) is 0 Å². The van der Waals surface area contributed by atoms with Crippen LogP contribution in [0.15, 0.2) is 97.2 Å². The highest BCUT2D eigenvalue weighted by atomic mass is 16.5. The number of rotatable bonds is 9. The second-order valence-electron chi connectivity index (χ2n) is 8.47. The fraction of sp³-hybridized carbons (Fsp3) is 0.133. The van der Waals surface area contributed by atoms with E-state index in [1.54, 1.807) is 19.4 Å². The van der Waals surface area contributed by atoms with E-state index in [1.807, 2.05) is 66.7 Å². The van der Waals surface area contributed by atoms with Crippen molar-refractivity contribution in [1.29, 1.82) is 0 Å². The van der Waals surface area contributed by atoms with Crippen LogP contribution in [0.5, 0.6) is 0 Å². The minimum atomic E-state index is -0.167. The molecule has 0 fully saturated rings. The number of hydrogen-bond acceptors (Lipinski definition) is 6. The highest BCUT2D eigenvalue weighted by Gasteiger charge is 2.15. The van der Waals surface area contributed by atoms with Gasteiger partial charge in [0.25, 0.3) is 5.91 Å². The number of hydrogen-bond donors (Lipinski definition) is 2. The van der Waals surface area contributed by atoms with Crippen LogP contribution in [0.1, 0.15) is 16.1 Å². The summed E-state index contributed by atoms with van der Waals surface area (Å²) in [5.74, 6) is 1.08. The molecule has 0 unspecified atom stereocenters. The maximum Gasteiger partial charge on any atom is 0.251 e. The van der Waals surface area contributed by atoms with E-state index in [0.717, 1.165) is 33.3 Å². The zero-order chi connectivity index (χ0) is 25.5. The number of carbonyl (C=O) groups is 1. The molecule has 5 rings (SSSR count). The fourth-order valence-corrected chi connectivity index (χ4v) is 4.14. The maximum absolute atomic E-state index is 12.6. The van der Waals surface area contributed by atoms with Gasteiger partial charge in [-0.3, -0.25) is 9.78 Å². The number of ether oxygens (including phenoxy) is 1. The van der Waals surface area contributed by atoms with Gasteiger partial charge >= 0.3 is 0 Å². The molecule has 0 bridgehead atoms. The summed E-state index contributed by atoms with van der Waals surface area (Å²) in [6.45, 7) is 1.40. The van der Waals surface area contributed by atoms with Crippen molar-refractivity contribution in [3.63, 3.8) is 0 Å². The van der Waals surface area contributed by atoms with Crippen LogP contribution in [0.3, 0.4) is 0 Å². The van der Waals surface area contributed by atoms with Crippen molar-refractivity contribution in [3.05, 3.63) is 108 Å². The SMILES string of the molecule is COCCNC(=O)c1cccc(-c2nc(NCc3ccccn3)c3c(-c4ccccc4)cccc3n2)c1. The van der Waals surface area contributed by atoms with E-state index in [2.05, 4.69) is 33.8 Å². The van der Waals surface area contributed by atoms with E-state index in [0.29, 0.717) is 36.9 Å². The summed E-state index contributed by atoms with van der Waals surface area (Å²) in [6.07, 6.45) is 1.78. The van der Waals surface area contributed by atoms with Gasteiger partial charge in [-0.25, -0.2) is 9.97 Å². The topological polar surface area (TPSA) is 89.0 Å². The maximum atomic E-state index is 12.6. The molecule has 0 aliphatic rings. The lowest BCUT2D eigenvalue weighted by Gasteiger charge is -2.15. The van der Waals surface area contributed by atoms with Crippen molar-refractivity contribution >= 4 is 22.6 Å². The second kappa shape index (κ2) is 11.4. The average Bonchev–Trinajstić information content (AvgIpc) is 2.96. The van der Waals surface area contributed by atoms with E-state index in [4.69, 9.17) is 14.7 Å². The first kappa shape index (κ1) is 24.1. The number of methoxy groups -OCH3 is 1. The van der Waals surface area contributed by atoms with Crippen LogP contribution >= 0.6 is 0 Å². The van der Waals surface area contributed by atoms with Crippen LogP contribution in [0.25, 0.3) is 33.4 Å². The quantitative estimate of drug-likeness (QED) is 0.272.